The van der Waals surface area contributed by atoms with Gasteiger partial charge in [-0.25, -0.2) is 8.42 Å². The molecule has 0 radical (unpaired) electrons. The zero-order chi connectivity index (χ0) is 18.8. The van der Waals surface area contributed by atoms with E-state index < -0.39 is 10.0 Å². The quantitative estimate of drug-likeness (QED) is 0.889. The molecule has 0 spiro atoms. The van der Waals surface area contributed by atoms with Gasteiger partial charge in [-0.05, 0) is 51.0 Å². The number of hydrogen-bond donors (Lipinski definition) is 1. The van der Waals surface area contributed by atoms with Gasteiger partial charge >= 0.3 is 0 Å². The number of rotatable bonds is 5. The number of hydrogen-bond acceptors (Lipinski definition) is 3. The Morgan fingerprint density at radius 2 is 1.48 bits per heavy atom. The van der Waals surface area contributed by atoms with Crippen molar-refractivity contribution in [3.05, 3.63) is 58.7 Å². The Morgan fingerprint density at radius 3 is 1.96 bits per heavy atom. The first-order valence-electron chi connectivity index (χ1n) is 8.00. The van der Waals surface area contributed by atoms with Crippen LogP contribution in [0.3, 0.4) is 0 Å². The third-order valence-electron chi connectivity index (χ3n) is 3.95. The summed E-state index contributed by atoms with van der Waals surface area (Å²) in [5.41, 5.74) is 5.24. The van der Waals surface area contributed by atoms with Crippen LogP contribution in [-0.4, -0.2) is 27.1 Å². The fourth-order valence-electron chi connectivity index (χ4n) is 2.80. The molecule has 0 unspecified atom stereocenters. The van der Waals surface area contributed by atoms with Crippen molar-refractivity contribution in [3.8, 4) is 0 Å². The molecule has 0 aromatic heterocycles. The number of sulfonamides is 1. The number of benzene rings is 2. The number of nitrogens with zero attached hydrogens (tertiary/aromatic N) is 1. The Morgan fingerprint density at radius 1 is 0.960 bits per heavy atom. The van der Waals surface area contributed by atoms with Crippen LogP contribution in [0.2, 0.25) is 0 Å². The van der Waals surface area contributed by atoms with Gasteiger partial charge in [0.2, 0.25) is 15.9 Å². The zero-order valence-corrected chi connectivity index (χ0v) is 16.1. The lowest BCUT2D eigenvalue weighted by molar-refractivity contribution is -0.114. The second kappa shape index (κ2) is 7.27. The minimum atomic E-state index is -3.57. The summed E-state index contributed by atoms with van der Waals surface area (Å²) in [6.45, 7) is 7.49. The molecule has 0 bridgehead atoms. The fraction of sp³-hybridized carbons (Fsp3) is 0.316. The Hall–Kier alpha value is -2.34. The van der Waals surface area contributed by atoms with Gasteiger partial charge < -0.3 is 5.32 Å². The normalized spacial score (nSPS) is 11.2. The summed E-state index contributed by atoms with van der Waals surface area (Å²) in [7, 11) is -3.57. The number of carbonyl (C=O) groups is 1. The molecule has 2 aromatic carbocycles. The molecule has 0 atom stereocenters. The molecule has 6 heteroatoms. The Balaban J connectivity index is 2.25. The van der Waals surface area contributed by atoms with Crippen molar-refractivity contribution in [1.82, 2.24) is 0 Å². The highest BCUT2D eigenvalue weighted by molar-refractivity contribution is 7.92. The summed E-state index contributed by atoms with van der Waals surface area (Å²) in [4.78, 5) is 12.5. The molecule has 0 heterocycles. The second-order valence-corrected chi connectivity index (χ2v) is 8.33. The maximum absolute atomic E-state index is 12.5. The average molecular weight is 360 g/mol. The number of aryl methyl sites for hydroxylation is 4. The van der Waals surface area contributed by atoms with E-state index in [1.54, 1.807) is 12.1 Å². The van der Waals surface area contributed by atoms with E-state index in [-0.39, 0.29) is 12.5 Å². The molecule has 5 nitrogen and oxygen atoms in total. The highest BCUT2D eigenvalue weighted by Crippen LogP contribution is 2.23. The first-order valence-corrected chi connectivity index (χ1v) is 9.85. The predicted octanol–water partition coefficient (Wildman–Crippen LogP) is 3.32. The van der Waals surface area contributed by atoms with Crippen LogP contribution in [0.25, 0.3) is 0 Å². The molecule has 1 amide bonds. The van der Waals surface area contributed by atoms with Gasteiger partial charge in [0.1, 0.15) is 6.54 Å². The van der Waals surface area contributed by atoms with Crippen LogP contribution in [0.4, 0.5) is 11.4 Å². The molecule has 0 saturated heterocycles. The summed E-state index contributed by atoms with van der Waals surface area (Å²) in [6, 6.07) is 11.0. The molecule has 134 valence electrons. The molecule has 0 aliphatic heterocycles. The molecule has 2 aromatic rings. The van der Waals surface area contributed by atoms with Crippen LogP contribution in [0.5, 0.6) is 0 Å². The van der Waals surface area contributed by atoms with Crippen LogP contribution >= 0.6 is 0 Å². The van der Waals surface area contributed by atoms with Crippen molar-refractivity contribution in [3.63, 3.8) is 0 Å². The molecule has 0 saturated carbocycles. The maximum atomic E-state index is 12.5. The van der Waals surface area contributed by atoms with E-state index >= 15 is 0 Å². The Kier molecular flexibility index (Phi) is 5.52. The summed E-state index contributed by atoms with van der Waals surface area (Å²) < 4.78 is 25.4. The first-order chi connectivity index (χ1) is 11.6. The third-order valence-corrected chi connectivity index (χ3v) is 5.09. The van der Waals surface area contributed by atoms with Gasteiger partial charge in [-0.15, -0.1) is 0 Å². The van der Waals surface area contributed by atoms with E-state index in [4.69, 9.17) is 0 Å². The van der Waals surface area contributed by atoms with Gasteiger partial charge in [0.25, 0.3) is 0 Å². The number of nitrogens with one attached hydrogen (secondary N) is 1. The van der Waals surface area contributed by atoms with Crippen LogP contribution < -0.4 is 9.62 Å². The van der Waals surface area contributed by atoms with E-state index in [0.29, 0.717) is 5.69 Å². The lowest BCUT2D eigenvalue weighted by Crippen LogP contribution is -2.37. The molecular weight excluding hydrogens is 336 g/mol. The average Bonchev–Trinajstić information content (AvgIpc) is 2.48. The number of carbonyl (C=O) groups excluding carboxylic acids is 1. The standard InChI is InChI=1S/C19H24N2O3S/c1-13-6-8-17(9-7-13)21(25(5,23)24)12-18(22)20-19-15(3)10-14(2)11-16(19)4/h6-11H,12H2,1-5H3,(H,20,22). The lowest BCUT2D eigenvalue weighted by atomic mass is 10.1. The lowest BCUT2D eigenvalue weighted by Gasteiger charge is -2.22. The predicted molar refractivity (Wildman–Crippen MR) is 103 cm³/mol. The van der Waals surface area contributed by atoms with E-state index in [0.717, 1.165) is 38.5 Å². The summed E-state index contributed by atoms with van der Waals surface area (Å²) >= 11 is 0. The molecule has 0 aliphatic rings. The summed E-state index contributed by atoms with van der Waals surface area (Å²) in [5.74, 6) is -0.374. The monoisotopic (exact) mass is 360 g/mol. The number of amides is 1. The van der Waals surface area contributed by atoms with Crippen molar-refractivity contribution in [2.75, 3.05) is 22.4 Å². The van der Waals surface area contributed by atoms with Gasteiger partial charge in [0, 0.05) is 5.69 Å². The zero-order valence-electron chi connectivity index (χ0n) is 15.3. The van der Waals surface area contributed by atoms with E-state index in [1.165, 1.54) is 0 Å². The molecule has 2 rings (SSSR count). The SMILES string of the molecule is Cc1ccc(N(CC(=O)Nc2c(C)cc(C)cc2C)S(C)(=O)=O)cc1. The van der Waals surface area contributed by atoms with Gasteiger partial charge in [-0.3, -0.25) is 9.10 Å². The second-order valence-electron chi connectivity index (χ2n) is 6.43. The van der Waals surface area contributed by atoms with Crippen molar-refractivity contribution in [2.24, 2.45) is 0 Å². The van der Waals surface area contributed by atoms with Crippen molar-refractivity contribution in [1.29, 1.82) is 0 Å². The largest absolute Gasteiger partial charge is 0.324 e. The van der Waals surface area contributed by atoms with E-state index in [9.17, 15) is 13.2 Å². The molecular formula is C19H24N2O3S. The molecule has 1 N–H and O–H groups in total. The minimum absolute atomic E-state index is 0.269. The van der Waals surface area contributed by atoms with Crippen molar-refractivity contribution in [2.45, 2.75) is 27.7 Å². The molecule has 25 heavy (non-hydrogen) atoms. The van der Waals surface area contributed by atoms with Crippen LogP contribution in [0.15, 0.2) is 36.4 Å². The Bertz CT molecular complexity index is 864. The summed E-state index contributed by atoms with van der Waals surface area (Å²) in [6.07, 6.45) is 1.10. The highest BCUT2D eigenvalue weighted by Gasteiger charge is 2.21. The number of anilines is 2. The van der Waals surface area contributed by atoms with E-state index in [1.807, 2.05) is 52.0 Å². The van der Waals surface area contributed by atoms with E-state index in [2.05, 4.69) is 5.32 Å². The topological polar surface area (TPSA) is 66.5 Å². The molecule has 0 fully saturated rings. The summed E-state index contributed by atoms with van der Waals surface area (Å²) in [5, 5.41) is 2.84. The van der Waals surface area contributed by atoms with Crippen molar-refractivity contribution < 1.29 is 13.2 Å². The van der Waals surface area contributed by atoms with Gasteiger partial charge in [0.05, 0.1) is 11.9 Å². The van der Waals surface area contributed by atoms with Gasteiger partial charge in [-0.2, -0.15) is 0 Å². The van der Waals surface area contributed by atoms with Gasteiger partial charge in [-0.1, -0.05) is 35.4 Å². The third kappa shape index (κ3) is 4.82. The van der Waals surface area contributed by atoms with Gasteiger partial charge in [0.15, 0.2) is 0 Å². The van der Waals surface area contributed by atoms with Crippen LogP contribution in [0, 0.1) is 27.7 Å². The first kappa shape index (κ1) is 19.0. The van der Waals surface area contributed by atoms with Crippen LogP contribution in [0.1, 0.15) is 22.3 Å². The van der Waals surface area contributed by atoms with Crippen molar-refractivity contribution >= 4 is 27.3 Å². The smallest absolute Gasteiger partial charge is 0.245 e. The maximum Gasteiger partial charge on any atom is 0.245 e. The molecule has 0 aliphatic carbocycles. The Labute approximate surface area is 149 Å². The van der Waals surface area contributed by atoms with Crippen LogP contribution in [-0.2, 0) is 14.8 Å². The highest BCUT2D eigenvalue weighted by atomic mass is 32.2. The minimum Gasteiger partial charge on any atom is -0.324 e. The fourth-order valence-corrected chi connectivity index (χ4v) is 3.65.